The number of hydrogen-bond donors (Lipinski definition) is 0. The van der Waals surface area contributed by atoms with E-state index in [1.807, 2.05) is 0 Å². The average molecular weight is 216 g/mol. The number of carbonyl (C=O) groups excluding carboxylic acids is 1. The van der Waals surface area contributed by atoms with Crippen LogP contribution in [0.4, 0.5) is 0 Å². The van der Waals surface area contributed by atoms with Gasteiger partial charge in [0.1, 0.15) is 5.75 Å². The van der Waals surface area contributed by atoms with E-state index in [1.165, 1.54) is 19.5 Å². The summed E-state index contributed by atoms with van der Waals surface area (Å²) in [4.78, 5) is 14.8. The SMILES string of the molecule is COC(=O)[C@H](C)Oc1cncc(Cl)c1. The normalized spacial score (nSPS) is 11.9. The van der Waals surface area contributed by atoms with E-state index in [-0.39, 0.29) is 0 Å². The summed E-state index contributed by atoms with van der Waals surface area (Å²) in [5.41, 5.74) is 0. The molecule has 0 aliphatic rings. The Balaban J connectivity index is 2.64. The molecule has 5 heteroatoms. The van der Waals surface area contributed by atoms with Gasteiger partial charge in [-0.1, -0.05) is 11.6 Å². The van der Waals surface area contributed by atoms with E-state index in [0.29, 0.717) is 10.8 Å². The minimum Gasteiger partial charge on any atom is -0.477 e. The standard InChI is InChI=1S/C9H10ClNO3/c1-6(9(12)13-2)14-8-3-7(10)4-11-5-8/h3-6H,1-2H3/t6-/m0/s1. The van der Waals surface area contributed by atoms with Crippen LogP contribution in [0.25, 0.3) is 0 Å². The zero-order valence-corrected chi connectivity index (χ0v) is 8.62. The van der Waals surface area contributed by atoms with Crippen LogP contribution in [0.15, 0.2) is 18.5 Å². The molecule has 0 N–H and O–H groups in total. The first kappa shape index (κ1) is 10.8. The van der Waals surface area contributed by atoms with Crippen molar-refractivity contribution in [2.24, 2.45) is 0 Å². The largest absolute Gasteiger partial charge is 0.477 e. The van der Waals surface area contributed by atoms with E-state index >= 15 is 0 Å². The number of esters is 1. The first-order chi connectivity index (χ1) is 6.63. The molecular formula is C9H10ClNO3. The zero-order valence-electron chi connectivity index (χ0n) is 7.86. The molecule has 0 aromatic carbocycles. The molecule has 0 bridgehead atoms. The first-order valence-electron chi connectivity index (χ1n) is 3.98. The fourth-order valence-electron chi connectivity index (χ4n) is 0.875. The molecule has 1 rings (SSSR count). The maximum Gasteiger partial charge on any atom is 0.346 e. The van der Waals surface area contributed by atoms with Gasteiger partial charge < -0.3 is 9.47 Å². The molecule has 76 valence electrons. The Labute approximate surface area is 86.8 Å². The van der Waals surface area contributed by atoms with E-state index in [4.69, 9.17) is 16.3 Å². The second kappa shape index (κ2) is 4.81. The molecule has 0 amide bonds. The van der Waals surface area contributed by atoms with E-state index in [9.17, 15) is 4.79 Å². The van der Waals surface area contributed by atoms with E-state index < -0.39 is 12.1 Å². The smallest absolute Gasteiger partial charge is 0.346 e. The number of rotatable bonds is 3. The van der Waals surface area contributed by atoms with Gasteiger partial charge in [-0.3, -0.25) is 4.98 Å². The highest BCUT2D eigenvalue weighted by atomic mass is 35.5. The maximum absolute atomic E-state index is 11.0. The Hall–Kier alpha value is -1.29. The van der Waals surface area contributed by atoms with E-state index in [2.05, 4.69) is 9.72 Å². The molecule has 0 aliphatic carbocycles. The number of carbonyl (C=O) groups is 1. The second-order valence-corrected chi connectivity index (χ2v) is 3.06. The van der Waals surface area contributed by atoms with Crippen LogP contribution >= 0.6 is 11.6 Å². The molecule has 0 unspecified atom stereocenters. The van der Waals surface area contributed by atoms with Gasteiger partial charge in [-0.05, 0) is 6.92 Å². The predicted molar refractivity (Wildman–Crippen MR) is 51.4 cm³/mol. The first-order valence-corrected chi connectivity index (χ1v) is 4.36. The lowest BCUT2D eigenvalue weighted by Crippen LogP contribution is -2.24. The Bertz CT molecular complexity index is 330. The van der Waals surface area contributed by atoms with E-state index in [1.54, 1.807) is 13.0 Å². The van der Waals surface area contributed by atoms with Gasteiger partial charge in [-0.2, -0.15) is 0 Å². The van der Waals surface area contributed by atoms with Gasteiger partial charge in [0.2, 0.25) is 0 Å². The molecule has 0 aliphatic heterocycles. The van der Waals surface area contributed by atoms with Gasteiger partial charge in [0.15, 0.2) is 6.10 Å². The molecule has 14 heavy (non-hydrogen) atoms. The fourth-order valence-corrected chi connectivity index (χ4v) is 1.04. The van der Waals surface area contributed by atoms with E-state index in [0.717, 1.165) is 0 Å². The van der Waals surface area contributed by atoms with Crippen LogP contribution < -0.4 is 4.74 Å². The van der Waals surface area contributed by atoms with Gasteiger partial charge in [0, 0.05) is 12.3 Å². The lowest BCUT2D eigenvalue weighted by Gasteiger charge is -2.11. The molecule has 1 aromatic heterocycles. The maximum atomic E-state index is 11.0. The highest BCUT2D eigenvalue weighted by Gasteiger charge is 2.14. The van der Waals surface area contributed by atoms with Crippen LogP contribution in [-0.4, -0.2) is 24.2 Å². The van der Waals surface area contributed by atoms with Crippen LogP contribution in [-0.2, 0) is 9.53 Å². The van der Waals surface area contributed by atoms with Crippen molar-refractivity contribution in [1.29, 1.82) is 0 Å². The van der Waals surface area contributed by atoms with Gasteiger partial charge in [-0.25, -0.2) is 4.79 Å². The summed E-state index contributed by atoms with van der Waals surface area (Å²) in [5, 5.41) is 0.458. The Morgan fingerprint density at radius 3 is 2.86 bits per heavy atom. The molecule has 0 saturated heterocycles. The Morgan fingerprint density at radius 1 is 1.57 bits per heavy atom. The van der Waals surface area contributed by atoms with Crippen molar-refractivity contribution in [3.05, 3.63) is 23.5 Å². The molecule has 4 nitrogen and oxygen atoms in total. The van der Waals surface area contributed by atoms with Crippen LogP contribution in [0.3, 0.4) is 0 Å². The third-order valence-corrected chi connectivity index (χ3v) is 1.73. The van der Waals surface area contributed by atoms with Crippen LogP contribution in [0, 0.1) is 0 Å². The number of aromatic nitrogens is 1. The summed E-state index contributed by atoms with van der Waals surface area (Å²) in [6.07, 6.45) is 2.29. The van der Waals surface area contributed by atoms with Crippen molar-refractivity contribution in [2.45, 2.75) is 13.0 Å². The van der Waals surface area contributed by atoms with Crippen LogP contribution in [0.1, 0.15) is 6.92 Å². The lowest BCUT2D eigenvalue weighted by atomic mass is 10.4. The molecule has 0 radical (unpaired) electrons. The summed E-state index contributed by atoms with van der Waals surface area (Å²) < 4.78 is 9.72. The second-order valence-electron chi connectivity index (χ2n) is 2.62. The lowest BCUT2D eigenvalue weighted by molar-refractivity contribution is -0.147. The molecule has 0 saturated carbocycles. The third kappa shape index (κ3) is 2.88. The van der Waals surface area contributed by atoms with Crippen molar-refractivity contribution in [2.75, 3.05) is 7.11 Å². The van der Waals surface area contributed by atoms with Crippen LogP contribution in [0.2, 0.25) is 5.02 Å². The number of hydrogen-bond acceptors (Lipinski definition) is 4. The summed E-state index contributed by atoms with van der Waals surface area (Å²) in [7, 11) is 1.30. The number of nitrogens with zero attached hydrogens (tertiary/aromatic N) is 1. The molecule has 1 atom stereocenters. The quantitative estimate of drug-likeness (QED) is 0.720. The highest BCUT2D eigenvalue weighted by Crippen LogP contribution is 2.16. The monoisotopic (exact) mass is 215 g/mol. The van der Waals surface area contributed by atoms with Gasteiger partial charge in [-0.15, -0.1) is 0 Å². The van der Waals surface area contributed by atoms with Crippen molar-refractivity contribution < 1.29 is 14.3 Å². The number of pyridine rings is 1. The van der Waals surface area contributed by atoms with Crippen molar-refractivity contribution in [1.82, 2.24) is 4.98 Å². The fraction of sp³-hybridized carbons (Fsp3) is 0.333. The minimum absolute atomic E-state index is 0.440. The molecule has 0 spiro atoms. The Morgan fingerprint density at radius 2 is 2.29 bits per heavy atom. The summed E-state index contributed by atoms with van der Waals surface area (Å²) in [6.45, 7) is 1.59. The topological polar surface area (TPSA) is 48.4 Å². The van der Waals surface area contributed by atoms with Crippen LogP contribution in [0.5, 0.6) is 5.75 Å². The predicted octanol–water partition coefficient (Wildman–Crippen LogP) is 1.68. The zero-order chi connectivity index (χ0) is 10.6. The summed E-state index contributed by atoms with van der Waals surface area (Å²) in [5.74, 6) is 0.000348. The van der Waals surface area contributed by atoms with Crippen molar-refractivity contribution >= 4 is 17.6 Å². The highest BCUT2D eigenvalue weighted by molar-refractivity contribution is 6.30. The number of halogens is 1. The molecular weight excluding hydrogens is 206 g/mol. The average Bonchev–Trinajstić information content (AvgIpc) is 2.16. The van der Waals surface area contributed by atoms with Crippen molar-refractivity contribution in [3.63, 3.8) is 0 Å². The minimum atomic E-state index is -0.666. The van der Waals surface area contributed by atoms with Gasteiger partial charge in [0.25, 0.3) is 0 Å². The third-order valence-electron chi connectivity index (χ3n) is 1.53. The summed E-state index contributed by atoms with van der Waals surface area (Å²) >= 11 is 5.68. The molecule has 1 heterocycles. The number of ether oxygens (including phenoxy) is 2. The van der Waals surface area contributed by atoms with Gasteiger partial charge in [0.05, 0.1) is 18.3 Å². The van der Waals surface area contributed by atoms with Gasteiger partial charge >= 0.3 is 5.97 Å². The Kier molecular flexibility index (Phi) is 3.71. The molecule has 0 fully saturated rings. The summed E-state index contributed by atoms with van der Waals surface area (Å²) in [6, 6.07) is 1.58. The number of methoxy groups -OCH3 is 1. The van der Waals surface area contributed by atoms with Crippen molar-refractivity contribution in [3.8, 4) is 5.75 Å². The molecule has 1 aromatic rings.